The van der Waals surface area contributed by atoms with Crippen molar-refractivity contribution in [1.82, 2.24) is 5.32 Å². The fourth-order valence-corrected chi connectivity index (χ4v) is 0.900. The highest BCUT2D eigenvalue weighted by atomic mass is 19.4. The number of carbonyl (C=O) groups excluding carboxylic acids is 1. The van der Waals surface area contributed by atoms with Crippen LogP contribution in [0.25, 0.3) is 0 Å². The van der Waals surface area contributed by atoms with Gasteiger partial charge in [-0.1, -0.05) is 12.1 Å². The van der Waals surface area contributed by atoms with E-state index in [4.69, 9.17) is 5.73 Å². The molecule has 0 fully saturated rings. The molecule has 6 heteroatoms. The number of benzene rings is 1. The van der Waals surface area contributed by atoms with Crippen molar-refractivity contribution in [3.05, 3.63) is 29.8 Å². The minimum absolute atomic E-state index is 0.00856. The Kier molecular flexibility index (Phi) is 2.64. The molecule has 0 aliphatic heterocycles. The summed E-state index contributed by atoms with van der Waals surface area (Å²) in [7, 11) is 0. The van der Waals surface area contributed by atoms with Gasteiger partial charge in [-0.2, -0.15) is 13.2 Å². The molecule has 1 aromatic carbocycles. The molecule has 0 atom stereocenters. The van der Waals surface area contributed by atoms with Gasteiger partial charge in [0.05, 0.1) is 5.56 Å². The Labute approximate surface area is 77.7 Å². The maximum atomic E-state index is 11.8. The number of hydrogen-bond donors (Lipinski definition) is 2. The minimum atomic E-state index is -4.74. The van der Waals surface area contributed by atoms with Crippen LogP contribution < -0.4 is 11.1 Å². The zero-order valence-electron chi connectivity index (χ0n) is 6.93. The molecule has 0 aliphatic carbocycles. The second-order valence-electron chi connectivity index (χ2n) is 2.54. The van der Waals surface area contributed by atoms with Gasteiger partial charge in [-0.25, -0.2) is 0 Å². The molecule has 0 spiro atoms. The number of halogens is 3. The molecule has 0 aliphatic rings. The van der Waals surface area contributed by atoms with Gasteiger partial charge in [0.1, 0.15) is 0 Å². The quantitative estimate of drug-likeness (QED) is 0.538. The molecule has 0 saturated heterocycles. The van der Waals surface area contributed by atoms with E-state index >= 15 is 0 Å². The lowest BCUT2D eigenvalue weighted by molar-refractivity contribution is -0.146. The molecule has 0 radical (unpaired) electrons. The summed E-state index contributed by atoms with van der Waals surface area (Å²) in [5.74, 6) is -1.25. The van der Waals surface area contributed by atoms with E-state index in [-0.39, 0.29) is 11.3 Å². The van der Waals surface area contributed by atoms with E-state index < -0.39 is 12.2 Å². The molecule has 14 heavy (non-hydrogen) atoms. The Bertz CT molecular complexity index is 349. The van der Waals surface area contributed by atoms with Crippen molar-refractivity contribution >= 4 is 11.6 Å². The average Bonchev–Trinajstić information content (AvgIpc) is 2.01. The zero-order valence-corrected chi connectivity index (χ0v) is 6.93. The van der Waals surface area contributed by atoms with Crippen LogP contribution in [-0.4, -0.2) is 12.2 Å². The lowest BCUT2D eigenvalue weighted by Gasteiger charge is -2.09. The number of alkyl halides is 3. The lowest BCUT2D eigenvalue weighted by Crippen LogP contribution is -2.37. The second-order valence-corrected chi connectivity index (χ2v) is 2.54. The highest BCUT2D eigenvalue weighted by Gasteiger charge is 2.30. The Morgan fingerprint density at radius 3 is 2.36 bits per heavy atom. The van der Waals surface area contributed by atoms with E-state index in [2.05, 4.69) is 0 Å². The number of rotatable bonds is 1. The Balaban J connectivity index is 2.86. The normalized spacial score (nSPS) is 11.1. The van der Waals surface area contributed by atoms with Crippen molar-refractivity contribution < 1.29 is 18.0 Å². The number of nitrogens with two attached hydrogens (primary N) is 1. The van der Waals surface area contributed by atoms with Crippen molar-refractivity contribution in [1.29, 1.82) is 0 Å². The third-order valence-corrected chi connectivity index (χ3v) is 1.46. The third kappa shape index (κ3) is 2.65. The Morgan fingerprint density at radius 2 is 1.86 bits per heavy atom. The fraction of sp³-hybridized carbons (Fsp3) is 0.125. The highest BCUT2D eigenvalue weighted by molar-refractivity contribution is 5.99. The van der Waals surface area contributed by atoms with Gasteiger partial charge < -0.3 is 5.73 Å². The largest absolute Gasteiger partial charge is 0.484 e. The summed E-state index contributed by atoms with van der Waals surface area (Å²) in [5, 5.41) is 0.857. The van der Waals surface area contributed by atoms with Crippen molar-refractivity contribution in [2.45, 2.75) is 6.30 Å². The van der Waals surface area contributed by atoms with Crippen molar-refractivity contribution in [2.24, 2.45) is 0 Å². The maximum Gasteiger partial charge on any atom is 0.484 e. The third-order valence-electron chi connectivity index (χ3n) is 1.46. The van der Waals surface area contributed by atoms with Crippen LogP contribution in [0.2, 0.25) is 0 Å². The summed E-state index contributed by atoms with van der Waals surface area (Å²) < 4.78 is 35.3. The van der Waals surface area contributed by atoms with Gasteiger partial charge >= 0.3 is 6.30 Å². The van der Waals surface area contributed by atoms with Gasteiger partial charge in [0.2, 0.25) is 0 Å². The predicted octanol–water partition coefficient (Wildman–Crippen LogP) is 1.52. The maximum absolute atomic E-state index is 11.8. The first-order valence-electron chi connectivity index (χ1n) is 3.64. The molecule has 0 aromatic heterocycles. The molecule has 0 saturated carbocycles. The molecule has 3 nitrogen and oxygen atoms in total. The molecule has 0 unspecified atom stereocenters. The van der Waals surface area contributed by atoms with Gasteiger partial charge in [-0.05, 0) is 12.1 Å². The summed E-state index contributed by atoms with van der Waals surface area (Å²) in [6, 6.07) is 5.53. The lowest BCUT2D eigenvalue weighted by atomic mass is 10.2. The first-order chi connectivity index (χ1) is 6.40. The molecule has 0 bridgehead atoms. The van der Waals surface area contributed by atoms with Gasteiger partial charge in [0, 0.05) is 5.69 Å². The van der Waals surface area contributed by atoms with E-state index in [9.17, 15) is 18.0 Å². The van der Waals surface area contributed by atoms with Gasteiger partial charge in [-0.15, -0.1) is 0 Å². The number of nitrogens with one attached hydrogen (secondary N) is 1. The summed E-state index contributed by atoms with van der Waals surface area (Å²) in [6.45, 7) is 0. The number of hydrogen-bond acceptors (Lipinski definition) is 2. The van der Waals surface area contributed by atoms with Gasteiger partial charge in [-0.3, -0.25) is 10.1 Å². The fourth-order valence-electron chi connectivity index (χ4n) is 0.900. The SMILES string of the molecule is Nc1ccccc1C(=O)NC(F)(F)F. The molecular weight excluding hydrogens is 197 g/mol. The van der Waals surface area contributed by atoms with Gasteiger partial charge in [0.25, 0.3) is 5.91 Å². The van der Waals surface area contributed by atoms with Crippen molar-refractivity contribution in [3.63, 3.8) is 0 Å². The van der Waals surface area contributed by atoms with E-state index in [0.717, 1.165) is 5.32 Å². The van der Waals surface area contributed by atoms with Crippen molar-refractivity contribution in [2.75, 3.05) is 5.73 Å². The van der Waals surface area contributed by atoms with Crippen LogP contribution >= 0.6 is 0 Å². The molecule has 1 amide bonds. The summed E-state index contributed by atoms with van der Waals surface area (Å²) in [4.78, 5) is 11.0. The molecule has 76 valence electrons. The van der Waals surface area contributed by atoms with Crippen LogP contribution in [0.1, 0.15) is 10.4 Å². The number of para-hydroxylation sites is 1. The van der Waals surface area contributed by atoms with Gasteiger partial charge in [0.15, 0.2) is 0 Å². The first kappa shape index (κ1) is 10.4. The monoisotopic (exact) mass is 204 g/mol. The van der Waals surface area contributed by atoms with Crippen molar-refractivity contribution in [3.8, 4) is 0 Å². The molecule has 1 rings (SSSR count). The van der Waals surface area contributed by atoms with Crippen LogP contribution in [-0.2, 0) is 0 Å². The summed E-state index contributed by atoms with van der Waals surface area (Å²) in [5.41, 5.74) is 5.13. The number of carbonyl (C=O) groups is 1. The second kappa shape index (κ2) is 3.57. The zero-order chi connectivity index (χ0) is 10.8. The Hall–Kier alpha value is -1.72. The first-order valence-corrected chi connectivity index (χ1v) is 3.64. The topological polar surface area (TPSA) is 55.1 Å². The van der Waals surface area contributed by atoms with Crippen LogP contribution in [0.4, 0.5) is 18.9 Å². The smallest absolute Gasteiger partial charge is 0.398 e. The van der Waals surface area contributed by atoms with E-state index in [0.29, 0.717) is 0 Å². The van der Waals surface area contributed by atoms with Crippen LogP contribution in [0.5, 0.6) is 0 Å². The predicted molar refractivity (Wildman–Crippen MR) is 44.4 cm³/mol. The Morgan fingerprint density at radius 1 is 1.29 bits per heavy atom. The average molecular weight is 204 g/mol. The van der Waals surface area contributed by atoms with Crippen LogP contribution in [0, 0.1) is 0 Å². The number of nitrogen functional groups attached to an aromatic ring is 1. The molecular formula is C8H7F3N2O. The van der Waals surface area contributed by atoms with Crippen LogP contribution in [0.3, 0.4) is 0 Å². The summed E-state index contributed by atoms with van der Waals surface area (Å²) in [6.07, 6.45) is -4.74. The highest BCUT2D eigenvalue weighted by Crippen LogP contribution is 2.14. The van der Waals surface area contributed by atoms with E-state index in [1.807, 2.05) is 0 Å². The molecule has 3 N–H and O–H groups in total. The standard InChI is InChI=1S/C8H7F3N2O/c9-8(10,11)13-7(14)5-3-1-2-4-6(5)12/h1-4H,12H2,(H,13,14). The van der Waals surface area contributed by atoms with E-state index in [1.54, 1.807) is 0 Å². The summed E-state index contributed by atoms with van der Waals surface area (Å²) >= 11 is 0. The number of amides is 1. The minimum Gasteiger partial charge on any atom is -0.398 e. The van der Waals surface area contributed by atoms with E-state index in [1.165, 1.54) is 24.3 Å². The molecule has 1 aromatic rings. The number of anilines is 1. The van der Waals surface area contributed by atoms with Crippen LogP contribution in [0.15, 0.2) is 24.3 Å². The molecule has 0 heterocycles.